The summed E-state index contributed by atoms with van der Waals surface area (Å²) in [7, 11) is 0. The van der Waals surface area contributed by atoms with E-state index in [1.54, 1.807) is 11.3 Å². The Bertz CT molecular complexity index is 392. The van der Waals surface area contributed by atoms with E-state index in [4.69, 9.17) is 5.11 Å². The second kappa shape index (κ2) is 6.97. The molecule has 0 bridgehead atoms. The van der Waals surface area contributed by atoms with Crippen molar-refractivity contribution < 1.29 is 19.5 Å². The smallest absolute Gasteiger partial charge is 0.339 e. The van der Waals surface area contributed by atoms with Crippen LogP contribution in [0.4, 0.5) is 4.79 Å². The van der Waals surface area contributed by atoms with Crippen LogP contribution in [0.5, 0.6) is 0 Å². The Labute approximate surface area is 109 Å². The van der Waals surface area contributed by atoms with Gasteiger partial charge in [0.25, 0.3) is 0 Å². The third-order valence-electron chi connectivity index (χ3n) is 2.16. The fourth-order valence-electron chi connectivity index (χ4n) is 1.37. The zero-order valence-corrected chi connectivity index (χ0v) is 11.0. The second-order valence-electron chi connectivity index (χ2n) is 4.00. The topological polar surface area (TPSA) is 87.7 Å². The van der Waals surface area contributed by atoms with Crippen molar-refractivity contribution in [3.8, 4) is 0 Å². The molecule has 0 saturated heterocycles. The van der Waals surface area contributed by atoms with E-state index in [1.807, 2.05) is 36.8 Å². The number of thiophene rings is 1. The summed E-state index contributed by atoms with van der Waals surface area (Å²) in [5.41, 5.74) is 2.04. The maximum Gasteiger partial charge on any atom is 0.339 e. The summed E-state index contributed by atoms with van der Waals surface area (Å²) in [6.07, 6.45) is 0. The molecule has 1 atom stereocenters. The van der Waals surface area contributed by atoms with Gasteiger partial charge in [-0.15, -0.1) is 11.3 Å². The van der Waals surface area contributed by atoms with Crippen LogP contribution in [-0.2, 0) is 9.63 Å². The van der Waals surface area contributed by atoms with Gasteiger partial charge in [0.05, 0.1) is 6.04 Å². The highest BCUT2D eigenvalue weighted by atomic mass is 32.1. The molecule has 1 heterocycles. The van der Waals surface area contributed by atoms with Gasteiger partial charge in [-0.3, -0.25) is 4.84 Å². The zero-order chi connectivity index (χ0) is 13.5. The molecule has 18 heavy (non-hydrogen) atoms. The van der Waals surface area contributed by atoms with E-state index in [0.29, 0.717) is 0 Å². The van der Waals surface area contributed by atoms with E-state index >= 15 is 0 Å². The molecule has 0 aliphatic heterocycles. The minimum Gasteiger partial charge on any atom is -0.479 e. The lowest BCUT2D eigenvalue weighted by Gasteiger charge is -2.21. The number of carbonyl (C=O) groups is 2. The lowest BCUT2D eigenvalue weighted by atomic mass is 10.0. The van der Waals surface area contributed by atoms with Crippen molar-refractivity contribution in [1.29, 1.82) is 0 Å². The highest BCUT2D eigenvalue weighted by Gasteiger charge is 2.19. The number of aliphatic carboxylic acids is 1. The van der Waals surface area contributed by atoms with Gasteiger partial charge >= 0.3 is 12.0 Å². The van der Waals surface area contributed by atoms with Crippen LogP contribution in [0.1, 0.15) is 24.8 Å². The molecule has 0 aromatic carbocycles. The van der Waals surface area contributed by atoms with E-state index in [-0.39, 0.29) is 12.0 Å². The molecule has 0 spiro atoms. The molecule has 1 aromatic heterocycles. The number of rotatable bonds is 6. The standard InChI is InChI=1S/C11H16N2O4S/c1-7(2)10(8-4-3-5-18-8)12-11(16)13-17-6-9(14)15/h3-5,7,10H,6H2,1-2H3,(H,14,15)(H2,12,13,16). The Morgan fingerprint density at radius 1 is 1.50 bits per heavy atom. The van der Waals surface area contributed by atoms with Gasteiger partial charge in [0, 0.05) is 4.88 Å². The number of hydrogen-bond acceptors (Lipinski definition) is 4. The zero-order valence-electron chi connectivity index (χ0n) is 10.2. The van der Waals surface area contributed by atoms with Crippen LogP contribution in [-0.4, -0.2) is 23.7 Å². The molecule has 0 saturated carbocycles. The van der Waals surface area contributed by atoms with Crippen molar-refractivity contribution in [2.45, 2.75) is 19.9 Å². The van der Waals surface area contributed by atoms with E-state index in [1.165, 1.54) is 0 Å². The van der Waals surface area contributed by atoms with Crippen molar-refractivity contribution in [2.75, 3.05) is 6.61 Å². The van der Waals surface area contributed by atoms with E-state index in [9.17, 15) is 9.59 Å². The summed E-state index contributed by atoms with van der Waals surface area (Å²) in [6, 6.07) is 3.17. The molecule has 0 radical (unpaired) electrons. The predicted molar refractivity (Wildman–Crippen MR) is 67.2 cm³/mol. The van der Waals surface area contributed by atoms with Crippen LogP contribution in [0.25, 0.3) is 0 Å². The highest BCUT2D eigenvalue weighted by molar-refractivity contribution is 7.10. The maximum absolute atomic E-state index is 11.5. The number of hydroxylamine groups is 1. The average Bonchev–Trinajstić information content (AvgIpc) is 2.78. The number of amides is 2. The van der Waals surface area contributed by atoms with Crippen molar-refractivity contribution in [2.24, 2.45) is 5.92 Å². The van der Waals surface area contributed by atoms with E-state index in [0.717, 1.165) is 4.88 Å². The van der Waals surface area contributed by atoms with Crippen LogP contribution in [0.15, 0.2) is 17.5 Å². The summed E-state index contributed by atoms with van der Waals surface area (Å²) >= 11 is 1.55. The molecule has 3 N–H and O–H groups in total. The summed E-state index contributed by atoms with van der Waals surface area (Å²) in [5.74, 6) is -0.928. The summed E-state index contributed by atoms with van der Waals surface area (Å²) < 4.78 is 0. The number of hydrogen-bond donors (Lipinski definition) is 3. The van der Waals surface area contributed by atoms with E-state index < -0.39 is 18.6 Å². The Morgan fingerprint density at radius 3 is 2.72 bits per heavy atom. The fraction of sp³-hybridized carbons (Fsp3) is 0.455. The lowest BCUT2D eigenvalue weighted by molar-refractivity contribution is -0.144. The molecule has 0 fully saturated rings. The van der Waals surface area contributed by atoms with Gasteiger partial charge in [-0.05, 0) is 17.4 Å². The number of carboxylic acid groups (broad SMARTS) is 1. The first-order valence-electron chi connectivity index (χ1n) is 5.44. The molecule has 100 valence electrons. The van der Waals surface area contributed by atoms with Crippen molar-refractivity contribution in [3.63, 3.8) is 0 Å². The first-order valence-corrected chi connectivity index (χ1v) is 6.32. The van der Waals surface area contributed by atoms with Gasteiger partial charge in [0.2, 0.25) is 0 Å². The Kier molecular flexibility index (Phi) is 5.60. The van der Waals surface area contributed by atoms with Crippen molar-refractivity contribution in [3.05, 3.63) is 22.4 Å². The van der Waals surface area contributed by atoms with Gasteiger partial charge in [0.1, 0.15) is 0 Å². The number of urea groups is 1. The van der Waals surface area contributed by atoms with Crippen LogP contribution in [0.2, 0.25) is 0 Å². The van der Waals surface area contributed by atoms with Crippen LogP contribution < -0.4 is 10.8 Å². The SMILES string of the molecule is CC(C)C(NC(=O)NOCC(=O)O)c1cccs1. The number of carboxylic acids is 1. The molecule has 2 amide bonds. The highest BCUT2D eigenvalue weighted by Crippen LogP contribution is 2.25. The third-order valence-corrected chi connectivity index (χ3v) is 3.12. The quantitative estimate of drug-likeness (QED) is 0.689. The largest absolute Gasteiger partial charge is 0.479 e. The average molecular weight is 272 g/mol. The molecule has 6 nitrogen and oxygen atoms in total. The predicted octanol–water partition coefficient (Wildman–Crippen LogP) is 1.76. The van der Waals surface area contributed by atoms with Gasteiger partial charge in [-0.25, -0.2) is 15.1 Å². The number of carbonyl (C=O) groups excluding carboxylic acids is 1. The molecule has 7 heteroatoms. The van der Waals surface area contributed by atoms with Crippen LogP contribution >= 0.6 is 11.3 Å². The minimum atomic E-state index is -1.14. The van der Waals surface area contributed by atoms with E-state index in [2.05, 4.69) is 10.2 Å². The monoisotopic (exact) mass is 272 g/mol. The Hall–Kier alpha value is -1.60. The van der Waals surface area contributed by atoms with Gasteiger partial charge in [-0.1, -0.05) is 19.9 Å². The first-order chi connectivity index (χ1) is 8.50. The summed E-state index contributed by atoms with van der Waals surface area (Å²) in [5, 5.41) is 13.0. The molecule has 0 aliphatic rings. The van der Waals surface area contributed by atoms with Crippen molar-refractivity contribution >= 4 is 23.3 Å². The molecular weight excluding hydrogens is 256 g/mol. The van der Waals surface area contributed by atoms with Gasteiger partial charge in [0.15, 0.2) is 6.61 Å². The molecule has 1 aromatic rings. The normalized spacial score (nSPS) is 12.2. The lowest BCUT2D eigenvalue weighted by Crippen LogP contribution is -2.40. The van der Waals surface area contributed by atoms with Crippen LogP contribution in [0, 0.1) is 5.92 Å². The number of nitrogens with one attached hydrogen (secondary N) is 2. The Morgan fingerprint density at radius 2 is 2.22 bits per heavy atom. The molecular formula is C11H16N2O4S. The molecule has 1 unspecified atom stereocenters. The Balaban J connectivity index is 2.47. The van der Waals surface area contributed by atoms with Gasteiger partial charge in [-0.2, -0.15) is 0 Å². The maximum atomic E-state index is 11.5. The molecule has 0 aliphatic carbocycles. The fourth-order valence-corrected chi connectivity index (χ4v) is 2.32. The van der Waals surface area contributed by atoms with Crippen molar-refractivity contribution in [1.82, 2.24) is 10.8 Å². The second-order valence-corrected chi connectivity index (χ2v) is 4.97. The van der Waals surface area contributed by atoms with Crippen LogP contribution in [0.3, 0.4) is 0 Å². The third kappa shape index (κ3) is 4.72. The molecule has 1 rings (SSSR count). The summed E-state index contributed by atoms with van der Waals surface area (Å²) in [4.78, 5) is 27.2. The minimum absolute atomic E-state index is 0.126. The summed E-state index contributed by atoms with van der Waals surface area (Å²) in [6.45, 7) is 3.41. The first kappa shape index (κ1) is 14.5. The van der Waals surface area contributed by atoms with Gasteiger partial charge < -0.3 is 10.4 Å².